The monoisotopic (exact) mass is 507 g/mol. The molecule has 0 bridgehead atoms. The molecule has 192 valence electrons. The molecule has 35 heavy (non-hydrogen) atoms. The second-order valence-electron chi connectivity index (χ2n) is 9.24. The first kappa shape index (κ1) is 26.8. The van der Waals surface area contributed by atoms with E-state index in [4.69, 9.17) is 21.1 Å². The summed E-state index contributed by atoms with van der Waals surface area (Å²) in [5.74, 6) is -1.37. The van der Waals surface area contributed by atoms with Crippen LogP contribution in [0.3, 0.4) is 0 Å². The predicted octanol–water partition coefficient (Wildman–Crippen LogP) is 3.09. The quantitative estimate of drug-likeness (QED) is 0.418. The summed E-state index contributed by atoms with van der Waals surface area (Å²) in [7, 11) is 1.24. The molecule has 0 aromatic heterocycles. The molecule has 1 saturated heterocycles. The number of nitrogens with one attached hydrogen (secondary N) is 3. The minimum Gasteiger partial charge on any atom is -0.467 e. The fourth-order valence-electron chi connectivity index (χ4n) is 4.73. The molecule has 9 nitrogen and oxygen atoms in total. The number of carbonyl (C=O) groups excluding carboxylic acids is 4. The molecule has 0 unspecified atom stereocenters. The van der Waals surface area contributed by atoms with Crippen molar-refractivity contribution in [3.8, 4) is 0 Å². The molecule has 10 heteroatoms. The van der Waals surface area contributed by atoms with Crippen LogP contribution in [-0.4, -0.2) is 49.6 Å². The first-order valence-electron chi connectivity index (χ1n) is 12.2. The van der Waals surface area contributed by atoms with Crippen molar-refractivity contribution in [3.63, 3.8) is 0 Å². The Morgan fingerprint density at radius 3 is 2.51 bits per heavy atom. The number of amides is 3. The Morgan fingerprint density at radius 1 is 1.09 bits per heavy atom. The van der Waals surface area contributed by atoms with Crippen LogP contribution in [0, 0.1) is 11.8 Å². The van der Waals surface area contributed by atoms with Crippen LogP contribution in [-0.2, 0) is 30.5 Å². The molecule has 0 radical (unpaired) electrons. The van der Waals surface area contributed by atoms with E-state index in [1.165, 1.54) is 7.11 Å². The highest BCUT2D eigenvalue weighted by molar-refractivity contribution is 6.30. The number of methoxy groups -OCH3 is 1. The Labute approximate surface area is 210 Å². The molecular weight excluding hydrogens is 474 g/mol. The predicted molar refractivity (Wildman–Crippen MR) is 129 cm³/mol. The summed E-state index contributed by atoms with van der Waals surface area (Å²) in [6.07, 6.45) is 5.72. The standard InChI is InChI=1S/C25H34ClN3O6/c1-34-24(32)21(14-18-10-11-27-22(18)30)28-23(31)20(13-16-6-3-2-4-7-16)29-25(33)35-15-17-8-5-9-19(26)12-17/h5,8-9,12,16,18,20-21H,2-4,6-7,10-11,13-15H2,1H3,(H,27,30)(H,28,31)(H,29,33)/t18-,20-,21-/m0/s1. The van der Waals surface area contributed by atoms with Crippen LogP contribution in [0.25, 0.3) is 0 Å². The summed E-state index contributed by atoms with van der Waals surface area (Å²) in [4.78, 5) is 50.2. The Hall–Kier alpha value is -2.81. The molecule has 2 fully saturated rings. The van der Waals surface area contributed by atoms with Gasteiger partial charge >= 0.3 is 12.1 Å². The SMILES string of the molecule is COC(=O)[C@H](C[C@@H]1CCNC1=O)NC(=O)[C@H](CC1CCCCC1)NC(=O)OCc1cccc(Cl)c1. The van der Waals surface area contributed by atoms with Crippen molar-refractivity contribution < 1.29 is 28.7 Å². The van der Waals surface area contributed by atoms with Crippen LogP contribution in [0.2, 0.25) is 5.02 Å². The van der Waals surface area contributed by atoms with Crippen molar-refractivity contribution in [1.29, 1.82) is 0 Å². The summed E-state index contributed by atoms with van der Waals surface area (Å²) in [5.41, 5.74) is 0.724. The Balaban J connectivity index is 1.64. The van der Waals surface area contributed by atoms with Gasteiger partial charge in [0.05, 0.1) is 7.11 Å². The molecule has 1 aliphatic carbocycles. The summed E-state index contributed by atoms with van der Waals surface area (Å²) in [6, 6.07) is 5.10. The van der Waals surface area contributed by atoms with Gasteiger partial charge in [0.15, 0.2) is 0 Å². The summed E-state index contributed by atoms with van der Waals surface area (Å²) >= 11 is 5.98. The summed E-state index contributed by atoms with van der Waals surface area (Å²) in [5, 5.41) is 8.65. The smallest absolute Gasteiger partial charge is 0.408 e. The van der Waals surface area contributed by atoms with Gasteiger partial charge in [-0.3, -0.25) is 9.59 Å². The van der Waals surface area contributed by atoms with E-state index in [0.717, 1.165) is 37.7 Å². The van der Waals surface area contributed by atoms with Gasteiger partial charge in [-0.15, -0.1) is 0 Å². The molecular formula is C25H34ClN3O6. The maximum absolute atomic E-state index is 13.3. The maximum Gasteiger partial charge on any atom is 0.408 e. The molecule has 1 aromatic rings. The largest absolute Gasteiger partial charge is 0.467 e. The van der Waals surface area contributed by atoms with E-state index in [2.05, 4.69) is 16.0 Å². The summed E-state index contributed by atoms with van der Waals surface area (Å²) < 4.78 is 10.2. The summed E-state index contributed by atoms with van der Waals surface area (Å²) in [6.45, 7) is 0.543. The third-order valence-electron chi connectivity index (χ3n) is 6.65. The van der Waals surface area contributed by atoms with Gasteiger partial charge in [-0.2, -0.15) is 0 Å². The van der Waals surface area contributed by atoms with Crippen molar-refractivity contribution >= 4 is 35.5 Å². The highest BCUT2D eigenvalue weighted by atomic mass is 35.5. The van der Waals surface area contributed by atoms with Crippen LogP contribution in [0.4, 0.5) is 4.79 Å². The molecule has 0 spiro atoms. The number of rotatable bonds is 10. The molecule has 3 amide bonds. The number of hydrogen-bond donors (Lipinski definition) is 3. The third kappa shape index (κ3) is 8.42. The van der Waals surface area contributed by atoms with Gasteiger partial charge in [0.1, 0.15) is 18.7 Å². The number of ether oxygens (including phenoxy) is 2. The van der Waals surface area contributed by atoms with Gasteiger partial charge in [-0.1, -0.05) is 55.8 Å². The van der Waals surface area contributed by atoms with Crippen molar-refractivity contribution in [1.82, 2.24) is 16.0 Å². The van der Waals surface area contributed by atoms with Crippen molar-refractivity contribution in [2.45, 2.75) is 70.1 Å². The number of hydrogen-bond acceptors (Lipinski definition) is 6. The Morgan fingerprint density at radius 2 is 1.86 bits per heavy atom. The molecule has 2 aliphatic rings. The zero-order valence-electron chi connectivity index (χ0n) is 20.0. The van der Waals surface area contributed by atoms with E-state index < -0.39 is 30.1 Å². The molecule has 1 aromatic carbocycles. The van der Waals surface area contributed by atoms with Gasteiger partial charge in [-0.25, -0.2) is 9.59 Å². The van der Waals surface area contributed by atoms with Crippen LogP contribution in [0.15, 0.2) is 24.3 Å². The molecule has 1 saturated carbocycles. The second kappa shape index (κ2) is 13.3. The zero-order chi connectivity index (χ0) is 25.2. The normalized spacial score (nSPS) is 19.8. The lowest BCUT2D eigenvalue weighted by atomic mass is 9.84. The minimum atomic E-state index is -0.987. The van der Waals surface area contributed by atoms with Crippen LogP contribution in [0.5, 0.6) is 0 Å². The number of carbonyl (C=O) groups is 4. The average Bonchev–Trinajstić information content (AvgIpc) is 3.26. The van der Waals surface area contributed by atoms with Crippen molar-refractivity contribution in [2.75, 3.05) is 13.7 Å². The average molecular weight is 508 g/mol. The lowest BCUT2D eigenvalue weighted by Crippen LogP contribution is -2.53. The first-order valence-corrected chi connectivity index (χ1v) is 12.6. The van der Waals surface area contributed by atoms with Crippen LogP contribution < -0.4 is 16.0 Å². The number of alkyl carbamates (subject to hydrolysis) is 1. The number of halogens is 1. The first-order chi connectivity index (χ1) is 16.9. The van der Waals surface area contributed by atoms with Crippen LogP contribution in [0.1, 0.15) is 56.9 Å². The van der Waals surface area contributed by atoms with Gasteiger partial charge < -0.3 is 25.4 Å². The highest BCUT2D eigenvalue weighted by Crippen LogP contribution is 2.27. The number of esters is 1. The van der Waals surface area contributed by atoms with Crippen molar-refractivity contribution in [3.05, 3.63) is 34.9 Å². The van der Waals surface area contributed by atoms with Gasteiger partial charge in [0, 0.05) is 17.5 Å². The second-order valence-corrected chi connectivity index (χ2v) is 9.68. The molecule has 1 aliphatic heterocycles. The van der Waals surface area contributed by atoms with Gasteiger partial charge in [-0.05, 0) is 42.9 Å². The zero-order valence-corrected chi connectivity index (χ0v) is 20.8. The lowest BCUT2D eigenvalue weighted by molar-refractivity contribution is -0.146. The molecule has 3 rings (SSSR count). The van der Waals surface area contributed by atoms with Crippen molar-refractivity contribution in [2.24, 2.45) is 11.8 Å². The highest BCUT2D eigenvalue weighted by Gasteiger charge is 2.34. The molecule has 1 heterocycles. The molecule has 3 atom stereocenters. The fraction of sp³-hybridized carbons (Fsp3) is 0.600. The van der Waals surface area contributed by atoms with Gasteiger partial charge in [0.25, 0.3) is 0 Å². The van der Waals surface area contributed by atoms with Gasteiger partial charge in [0.2, 0.25) is 11.8 Å². The lowest BCUT2D eigenvalue weighted by Gasteiger charge is -2.28. The Kier molecular flexibility index (Phi) is 10.2. The Bertz CT molecular complexity index is 905. The minimum absolute atomic E-state index is 0.00569. The van der Waals surface area contributed by atoms with E-state index in [1.807, 2.05) is 0 Å². The topological polar surface area (TPSA) is 123 Å². The number of benzene rings is 1. The van der Waals surface area contributed by atoms with E-state index in [1.54, 1.807) is 24.3 Å². The van der Waals surface area contributed by atoms with E-state index in [9.17, 15) is 19.2 Å². The van der Waals surface area contributed by atoms with E-state index in [-0.39, 0.29) is 30.8 Å². The third-order valence-corrected chi connectivity index (χ3v) is 6.88. The van der Waals surface area contributed by atoms with Crippen LogP contribution >= 0.6 is 11.6 Å². The fourth-order valence-corrected chi connectivity index (χ4v) is 4.94. The maximum atomic E-state index is 13.3. The molecule has 3 N–H and O–H groups in total. The van der Waals surface area contributed by atoms with E-state index in [0.29, 0.717) is 24.4 Å². The van der Waals surface area contributed by atoms with E-state index >= 15 is 0 Å².